The molecule has 1 aliphatic heterocycles. The van der Waals surface area contributed by atoms with Gasteiger partial charge in [0.05, 0.1) is 18.9 Å². The number of halogens is 1. The van der Waals surface area contributed by atoms with E-state index in [2.05, 4.69) is 10.3 Å². The van der Waals surface area contributed by atoms with E-state index in [0.717, 1.165) is 30.5 Å². The van der Waals surface area contributed by atoms with E-state index < -0.39 is 59.9 Å². The van der Waals surface area contributed by atoms with E-state index >= 15 is 0 Å². The molecular formula is C19H26FN3O8. The van der Waals surface area contributed by atoms with Crippen LogP contribution in [0.25, 0.3) is 0 Å². The first-order chi connectivity index (χ1) is 14.6. The highest BCUT2D eigenvalue weighted by atomic mass is 19.1. The molecule has 0 aromatic carbocycles. The van der Waals surface area contributed by atoms with Gasteiger partial charge in [0.15, 0.2) is 30.1 Å². The Morgan fingerprint density at radius 3 is 2.45 bits per heavy atom. The molecule has 12 heteroatoms. The number of nitrogens with one attached hydrogen (secondary N) is 1. The molecule has 31 heavy (non-hydrogen) atoms. The minimum Gasteiger partial charge on any atom is -0.456 e. The third kappa shape index (κ3) is 6.48. The lowest BCUT2D eigenvalue weighted by Crippen LogP contribution is -2.40. The minimum atomic E-state index is -1.30. The highest BCUT2D eigenvalue weighted by Gasteiger charge is 2.48. The molecule has 0 aliphatic carbocycles. The number of ether oxygens (including phenoxy) is 4. The maximum absolute atomic E-state index is 14.5. The predicted octanol–water partition coefficient (Wildman–Crippen LogP) is 1.90. The minimum absolute atomic E-state index is 0.147. The zero-order valence-electron chi connectivity index (χ0n) is 17.8. The predicted molar refractivity (Wildman–Crippen MR) is 104 cm³/mol. The van der Waals surface area contributed by atoms with Crippen LogP contribution < -0.4 is 11.0 Å². The van der Waals surface area contributed by atoms with Gasteiger partial charge in [-0.3, -0.25) is 19.5 Å². The number of hydrogen-bond acceptors (Lipinski definition) is 9. The van der Waals surface area contributed by atoms with Crippen molar-refractivity contribution in [2.45, 2.75) is 71.5 Å². The summed E-state index contributed by atoms with van der Waals surface area (Å²) in [6.45, 7) is 5.98. The van der Waals surface area contributed by atoms with Gasteiger partial charge in [0.25, 0.3) is 0 Å². The molecule has 172 valence electrons. The highest BCUT2D eigenvalue weighted by molar-refractivity contribution is 5.83. The molecule has 1 aromatic rings. The van der Waals surface area contributed by atoms with E-state index in [0.29, 0.717) is 6.42 Å². The summed E-state index contributed by atoms with van der Waals surface area (Å²) in [7, 11) is 0. The summed E-state index contributed by atoms with van der Waals surface area (Å²) in [6.07, 6.45) is -2.02. The number of carbonyl (C=O) groups excluding carboxylic acids is 3. The Morgan fingerprint density at radius 2 is 1.84 bits per heavy atom. The maximum atomic E-state index is 14.5. The smallest absolute Gasteiger partial charge is 0.412 e. The lowest BCUT2D eigenvalue weighted by molar-refractivity contribution is -0.165. The Morgan fingerprint density at radius 1 is 1.19 bits per heavy atom. The molecule has 1 aromatic heterocycles. The van der Waals surface area contributed by atoms with Crippen molar-refractivity contribution < 1.29 is 37.7 Å². The number of anilines is 1. The van der Waals surface area contributed by atoms with Crippen LogP contribution in [0.4, 0.5) is 15.0 Å². The van der Waals surface area contributed by atoms with Crippen LogP contribution in [0.2, 0.25) is 0 Å². The molecule has 1 aliphatic rings. The van der Waals surface area contributed by atoms with Crippen molar-refractivity contribution in [3.05, 3.63) is 22.5 Å². The van der Waals surface area contributed by atoms with Crippen molar-refractivity contribution >= 4 is 23.8 Å². The average molecular weight is 443 g/mol. The Hall–Kier alpha value is -3.02. The molecule has 1 unspecified atom stereocenters. The zero-order valence-corrected chi connectivity index (χ0v) is 17.8. The molecule has 1 fully saturated rings. The number of hydrogen-bond donors (Lipinski definition) is 1. The summed E-state index contributed by atoms with van der Waals surface area (Å²) in [6, 6.07) is 0. The van der Waals surface area contributed by atoms with Gasteiger partial charge >= 0.3 is 23.7 Å². The summed E-state index contributed by atoms with van der Waals surface area (Å²) in [5, 5.41) is 2.08. The summed E-state index contributed by atoms with van der Waals surface area (Å²) < 4.78 is 36.1. The number of aromatic nitrogens is 2. The molecule has 2 rings (SSSR count). The summed E-state index contributed by atoms with van der Waals surface area (Å²) >= 11 is 0. The zero-order chi connectivity index (χ0) is 23.1. The lowest BCUT2D eigenvalue weighted by atomic mass is 10.1. The first-order valence-corrected chi connectivity index (χ1v) is 9.86. The van der Waals surface area contributed by atoms with E-state index in [-0.39, 0.29) is 6.61 Å². The van der Waals surface area contributed by atoms with E-state index in [1.165, 1.54) is 6.92 Å². The fourth-order valence-electron chi connectivity index (χ4n) is 3.06. The standard InChI is InChI=1S/C19H26FN3O8/c1-5-6-7-8-28-19(27)22-16-13(20)9-23(18(26)21-16)17-15(31-12(4)25)14(10(2)29-17)30-11(3)24/h9-10,14-15,17H,5-8H2,1-4H3,(H,21,22,26,27)/t10?,14-,15-,17-/m1/s1. The van der Waals surface area contributed by atoms with Gasteiger partial charge in [-0.15, -0.1) is 0 Å². The fourth-order valence-corrected chi connectivity index (χ4v) is 3.06. The lowest BCUT2D eigenvalue weighted by Gasteiger charge is -2.23. The number of unbranched alkanes of at least 4 members (excludes halogenated alkanes) is 2. The molecule has 11 nitrogen and oxygen atoms in total. The van der Waals surface area contributed by atoms with E-state index in [9.17, 15) is 23.6 Å². The van der Waals surface area contributed by atoms with Crippen LogP contribution in [0.3, 0.4) is 0 Å². The largest absolute Gasteiger partial charge is 0.456 e. The quantitative estimate of drug-likeness (QED) is 0.363. The van der Waals surface area contributed by atoms with Crippen LogP contribution in [-0.4, -0.2) is 52.5 Å². The molecule has 1 N–H and O–H groups in total. The van der Waals surface area contributed by atoms with Crippen LogP contribution in [0, 0.1) is 5.82 Å². The second kappa shape index (κ2) is 10.8. The van der Waals surface area contributed by atoms with Crippen LogP contribution in [0.1, 0.15) is 53.2 Å². The molecule has 1 saturated heterocycles. The molecule has 0 bridgehead atoms. The number of carbonyl (C=O) groups is 3. The van der Waals surface area contributed by atoms with Gasteiger partial charge in [0.2, 0.25) is 0 Å². The van der Waals surface area contributed by atoms with Gasteiger partial charge < -0.3 is 18.9 Å². The van der Waals surface area contributed by atoms with E-state index in [1.807, 2.05) is 6.92 Å². The number of nitrogens with zero attached hydrogens (tertiary/aromatic N) is 2. The SMILES string of the molecule is CCCCCOC(=O)Nc1nc(=O)n([C@@H]2OC(C)[C@@H](OC(C)=O)[C@H]2OC(C)=O)cc1F. The van der Waals surface area contributed by atoms with E-state index in [4.69, 9.17) is 18.9 Å². The van der Waals surface area contributed by atoms with Crippen molar-refractivity contribution in [1.29, 1.82) is 0 Å². The Labute approximate surface area is 177 Å². The molecule has 2 heterocycles. The third-order valence-electron chi connectivity index (χ3n) is 4.41. The van der Waals surface area contributed by atoms with Crippen LogP contribution in [0.5, 0.6) is 0 Å². The summed E-state index contributed by atoms with van der Waals surface area (Å²) in [5.74, 6) is -3.02. The molecule has 0 radical (unpaired) electrons. The van der Waals surface area contributed by atoms with Gasteiger partial charge in [0, 0.05) is 13.8 Å². The first-order valence-electron chi connectivity index (χ1n) is 9.86. The summed E-state index contributed by atoms with van der Waals surface area (Å²) in [5.41, 5.74) is -0.986. The monoisotopic (exact) mass is 443 g/mol. The second-order valence-corrected chi connectivity index (χ2v) is 6.98. The van der Waals surface area contributed by atoms with Crippen LogP contribution in [-0.2, 0) is 28.5 Å². The highest BCUT2D eigenvalue weighted by Crippen LogP contribution is 2.33. The average Bonchev–Trinajstić information content (AvgIpc) is 2.96. The topological polar surface area (TPSA) is 135 Å². The molecule has 0 saturated carbocycles. The fraction of sp³-hybridized carbons (Fsp3) is 0.632. The normalized spacial score (nSPS) is 22.6. The molecule has 1 amide bonds. The van der Waals surface area contributed by atoms with Crippen molar-refractivity contribution in [2.75, 3.05) is 11.9 Å². The van der Waals surface area contributed by atoms with Gasteiger partial charge in [-0.25, -0.2) is 14.0 Å². The number of rotatable bonds is 8. The molecule has 0 spiro atoms. The first kappa shape index (κ1) is 24.3. The van der Waals surface area contributed by atoms with Gasteiger partial charge in [-0.1, -0.05) is 19.8 Å². The van der Waals surface area contributed by atoms with Crippen molar-refractivity contribution in [1.82, 2.24) is 9.55 Å². The Kier molecular flexibility index (Phi) is 8.48. The van der Waals surface area contributed by atoms with Gasteiger partial charge in [0.1, 0.15) is 0 Å². The van der Waals surface area contributed by atoms with Crippen molar-refractivity contribution in [3.63, 3.8) is 0 Å². The van der Waals surface area contributed by atoms with E-state index in [1.54, 1.807) is 6.92 Å². The van der Waals surface area contributed by atoms with Crippen molar-refractivity contribution in [2.24, 2.45) is 0 Å². The third-order valence-corrected chi connectivity index (χ3v) is 4.41. The van der Waals surface area contributed by atoms with Gasteiger partial charge in [-0.05, 0) is 13.3 Å². The Balaban J connectivity index is 2.22. The maximum Gasteiger partial charge on any atom is 0.412 e. The molecule has 4 atom stereocenters. The Bertz CT molecular complexity index is 874. The van der Waals surface area contributed by atoms with Gasteiger partial charge in [-0.2, -0.15) is 4.98 Å². The summed E-state index contributed by atoms with van der Waals surface area (Å²) in [4.78, 5) is 50.7. The van der Waals surface area contributed by atoms with Crippen LogP contribution in [0.15, 0.2) is 11.0 Å². The second-order valence-electron chi connectivity index (χ2n) is 6.98. The number of esters is 2. The number of amides is 1. The van der Waals surface area contributed by atoms with Crippen molar-refractivity contribution in [3.8, 4) is 0 Å². The molecular weight excluding hydrogens is 417 g/mol. The van der Waals surface area contributed by atoms with Crippen LogP contribution >= 0.6 is 0 Å².